The summed E-state index contributed by atoms with van der Waals surface area (Å²) in [5.74, 6) is 1.77. The Morgan fingerprint density at radius 3 is 2.81 bits per heavy atom. The van der Waals surface area contributed by atoms with Crippen LogP contribution in [0.25, 0.3) is 0 Å². The molecule has 1 aliphatic rings. The standard InChI is InChI=1S/C18H15N3O3S2/c1-11-2-4-12(5-3-11)9-25-18-21-20-17(26-18)19-16(22)13-6-7-14-15(8-13)24-10-23-14/h2-8H,9-10H2,1H3,(H,19,20,22). The Morgan fingerprint density at radius 2 is 1.96 bits per heavy atom. The predicted molar refractivity (Wildman–Crippen MR) is 101 cm³/mol. The van der Waals surface area contributed by atoms with E-state index in [1.165, 1.54) is 22.5 Å². The van der Waals surface area contributed by atoms with E-state index in [9.17, 15) is 4.79 Å². The van der Waals surface area contributed by atoms with E-state index in [2.05, 4.69) is 46.7 Å². The quantitative estimate of drug-likeness (QED) is 0.526. The molecule has 1 amide bonds. The number of carbonyl (C=O) groups excluding carboxylic acids is 1. The van der Waals surface area contributed by atoms with Gasteiger partial charge in [0.2, 0.25) is 11.9 Å². The van der Waals surface area contributed by atoms with Gasteiger partial charge in [-0.25, -0.2) is 0 Å². The van der Waals surface area contributed by atoms with Crippen molar-refractivity contribution in [2.24, 2.45) is 0 Å². The van der Waals surface area contributed by atoms with Crippen LogP contribution in [0.15, 0.2) is 46.8 Å². The molecule has 6 nitrogen and oxygen atoms in total. The van der Waals surface area contributed by atoms with Crippen molar-refractivity contribution in [2.45, 2.75) is 17.0 Å². The average Bonchev–Trinajstić information content (AvgIpc) is 3.29. The van der Waals surface area contributed by atoms with Crippen molar-refractivity contribution in [3.8, 4) is 11.5 Å². The molecule has 0 radical (unpaired) electrons. The number of anilines is 1. The number of carbonyl (C=O) groups is 1. The van der Waals surface area contributed by atoms with E-state index >= 15 is 0 Å². The molecule has 0 spiro atoms. The molecular weight excluding hydrogens is 370 g/mol. The van der Waals surface area contributed by atoms with Gasteiger partial charge >= 0.3 is 0 Å². The van der Waals surface area contributed by atoms with Crippen molar-refractivity contribution in [2.75, 3.05) is 12.1 Å². The lowest BCUT2D eigenvalue weighted by molar-refractivity contribution is 0.102. The molecule has 8 heteroatoms. The van der Waals surface area contributed by atoms with Crippen LogP contribution in [0.3, 0.4) is 0 Å². The highest BCUT2D eigenvalue weighted by atomic mass is 32.2. The third-order valence-electron chi connectivity index (χ3n) is 3.74. The topological polar surface area (TPSA) is 73.3 Å². The van der Waals surface area contributed by atoms with Gasteiger partial charge in [-0.05, 0) is 30.7 Å². The van der Waals surface area contributed by atoms with Crippen molar-refractivity contribution in [1.29, 1.82) is 0 Å². The summed E-state index contributed by atoms with van der Waals surface area (Å²) in [7, 11) is 0. The van der Waals surface area contributed by atoms with Gasteiger partial charge in [-0.3, -0.25) is 10.1 Å². The van der Waals surface area contributed by atoms with Gasteiger partial charge in [0, 0.05) is 11.3 Å². The number of fused-ring (bicyclic) bond motifs is 1. The third kappa shape index (κ3) is 3.81. The van der Waals surface area contributed by atoms with Crippen LogP contribution in [0.5, 0.6) is 11.5 Å². The van der Waals surface area contributed by atoms with E-state index in [4.69, 9.17) is 9.47 Å². The smallest absolute Gasteiger partial charge is 0.257 e. The zero-order valence-corrected chi connectivity index (χ0v) is 15.5. The molecule has 3 aromatic rings. The number of benzene rings is 2. The summed E-state index contributed by atoms with van der Waals surface area (Å²) >= 11 is 2.95. The molecule has 1 aromatic heterocycles. The summed E-state index contributed by atoms with van der Waals surface area (Å²) in [6, 6.07) is 13.5. The lowest BCUT2D eigenvalue weighted by atomic mass is 10.2. The number of nitrogens with one attached hydrogen (secondary N) is 1. The summed E-state index contributed by atoms with van der Waals surface area (Å²) in [5.41, 5.74) is 2.95. The van der Waals surface area contributed by atoms with E-state index in [1.807, 2.05) is 0 Å². The van der Waals surface area contributed by atoms with E-state index < -0.39 is 0 Å². The van der Waals surface area contributed by atoms with Crippen molar-refractivity contribution in [3.63, 3.8) is 0 Å². The number of aryl methyl sites for hydroxylation is 1. The molecule has 0 saturated heterocycles. The van der Waals surface area contributed by atoms with E-state index in [-0.39, 0.29) is 12.7 Å². The lowest BCUT2D eigenvalue weighted by Gasteiger charge is -2.02. The van der Waals surface area contributed by atoms with Crippen LogP contribution < -0.4 is 14.8 Å². The van der Waals surface area contributed by atoms with E-state index in [0.717, 1.165) is 10.1 Å². The number of aromatic nitrogens is 2. The molecule has 2 aromatic carbocycles. The first-order valence-electron chi connectivity index (χ1n) is 7.90. The van der Waals surface area contributed by atoms with Gasteiger partial charge in [0.05, 0.1) is 0 Å². The van der Waals surface area contributed by atoms with Crippen LogP contribution >= 0.6 is 23.1 Å². The zero-order chi connectivity index (χ0) is 17.9. The number of ether oxygens (including phenoxy) is 2. The lowest BCUT2D eigenvalue weighted by Crippen LogP contribution is -2.11. The van der Waals surface area contributed by atoms with Gasteiger partial charge in [0.25, 0.3) is 5.91 Å². The summed E-state index contributed by atoms with van der Waals surface area (Å²) in [4.78, 5) is 12.4. The molecule has 2 heterocycles. The number of amides is 1. The highest BCUT2D eigenvalue weighted by molar-refractivity contribution is 8.00. The summed E-state index contributed by atoms with van der Waals surface area (Å²) in [5, 5.41) is 11.4. The second-order valence-corrected chi connectivity index (χ2v) is 7.87. The molecule has 1 N–H and O–H groups in total. The Kier molecular flexibility index (Phi) is 4.77. The first-order valence-corrected chi connectivity index (χ1v) is 9.70. The molecule has 1 aliphatic heterocycles. The van der Waals surface area contributed by atoms with E-state index in [1.54, 1.807) is 30.0 Å². The van der Waals surface area contributed by atoms with Gasteiger partial charge in [-0.15, -0.1) is 10.2 Å². The molecule has 0 fully saturated rings. The van der Waals surface area contributed by atoms with E-state index in [0.29, 0.717) is 22.2 Å². The largest absolute Gasteiger partial charge is 0.454 e. The maximum absolute atomic E-state index is 12.4. The fraction of sp³-hybridized carbons (Fsp3) is 0.167. The van der Waals surface area contributed by atoms with Crippen LogP contribution in [0, 0.1) is 6.92 Å². The zero-order valence-electron chi connectivity index (χ0n) is 13.9. The predicted octanol–water partition coefficient (Wildman–Crippen LogP) is 4.12. The molecule has 0 saturated carbocycles. The Labute approximate surface area is 158 Å². The van der Waals surface area contributed by atoms with Crippen LogP contribution in [-0.2, 0) is 5.75 Å². The third-order valence-corrected chi connectivity index (χ3v) is 5.79. The van der Waals surface area contributed by atoms with Gasteiger partial charge in [-0.1, -0.05) is 52.9 Å². The monoisotopic (exact) mass is 385 g/mol. The van der Waals surface area contributed by atoms with Gasteiger partial charge < -0.3 is 9.47 Å². The Morgan fingerprint density at radius 1 is 1.15 bits per heavy atom. The molecule has 132 valence electrons. The maximum Gasteiger partial charge on any atom is 0.257 e. The first kappa shape index (κ1) is 16.9. The number of nitrogens with zero attached hydrogens (tertiary/aromatic N) is 2. The number of thioether (sulfide) groups is 1. The van der Waals surface area contributed by atoms with Crippen molar-refractivity contribution >= 4 is 34.1 Å². The number of hydrogen-bond acceptors (Lipinski definition) is 7. The van der Waals surface area contributed by atoms with Crippen LogP contribution in [0.4, 0.5) is 5.13 Å². The molecule has 26 heavy (non-hydrogen) atoms. The van der Waals surface area contributed by atoms with Crippen LogP contribution in [-0.4, -0.2) is 22.9 Å². The SMILES string of the molecule is Cc1ccc(CSc2nnc(NC(=O)c3ccc4c(c3)OCO4)s2)cc1. The Hall–Kier alpha value is -2.58. The molecule has 0 atom stereocenters. The highest BCUT2D eigenvalue weighted by Crippen LogP contribution is 2.33. The molecular formula is C18H15N3O3S2. The maximum atomic E-state index is 12.4. The van der Waals surface area contributed by atoms with Crippen molar-refractivity contribution in [1.82, 2.24) is 10.2 Å². The minimum atomic E-state index is -0.255. The normalized spacial score (nSPS) is 12.2. The summed E-state index contributed by atoms with van der Waals surface area (Å²) < 4.78 is 11.4. The van der Waals surface area contributed by atoms with Gasteiger partial charge in [-0.2, -0.15) is 0 Å². The first-order chi connectivity index (χ1) is 12.7. The minimum absolute atomic E-state index is 0.179. The Bertz CT molecular complexity index is 941. The molecule has 0 aliphatic carbocycles. The molecule has 0 unspecified atom stereocenters. The Balaban J connectivity index is 1.37. The van der Waals surface area contributed by atoms with Crippen molar-refractivity contribution in [3.05, 3.63) is 59.2 Å². The van der Waals surface area contributed by atoms with Crippen molar-refractivity contribution < 1.29 is 14.3 Å². The molecule has 0 bridgehead atoms. The average molecular weight is 385 g/mol. The van der Waals surface area contributed by atoms with Gasteiger partial charge in [0.1, 0.15) is 0 Å². The summed E-state index contributed by atoms with van der Waals surface area (Å²) in [6.45, 7) is 2.25. The second kappa shape index (κ2) is 7.35. The summed E-state index contributed by atoms with van der Waals surface area (Å²) in [6.07, 6.45) is 0. The van der Waals surface area contributed by atoms with Gasteiger partial charge in [0.15, 0.2) is 15.8 Å². The minimum Gasteiger partial charge on any atom is -0.454 e. The number of hydrogen-bond donors (Lipinski definition) is 1. The van der Waals surface area contributed by atoms with Crippen LogP contribution in [0.2, 0.25) is 0 Å². The number of rotatable bonds is 5. The highest BCUT2D eigenvalue weighted by Gasteiger charge is 2.17. The fourth-order valence-corrected chi connectivity index (χ4v) is 4.06. The second-order valence-electron chi connectivity index (χ2n) is 5.67. The molecule has 4 rings (SSSR count). The van der Waals surface area contributed by atoms with Crippen LogP contribution in [0.1, 0.15) is 21.5 Å². The fourth-order valence-electron chi connectivity index (χ4n) is 2.36.